The third-order valence-corrected chi connectivity index (χ3v) is 6.01. The number of nitrogens with one attached hydrogen (secondary N) is 2. The van der Waals surface area contributed by atoms with Crippen molar-refractivity contribution in [2.45, 2.75) is 43.0 Å². The average molecular weight is 435 g/mol. The van der Waals surface area contributed by atoms with Crippen LogP contribution in [0.25, 0.3) is 0 Å². The first-order valence-corrected chi connectivity index (χ1v) is 10.7. The van der Waals surface area contributed by atoms with Crippen LogP contribution in [0.15, 0.2) is 23.1 Å². The number of amides is 1. The summed E-state index contributed by atoms with van der Waals surface area (Å²) in [7, 11) is -3.54. The number of anilines is 1. The van der Waals surface area contributed by atoms with Gasteiger partial charge in [-0.1, -0.05) is 12.8 Å². The van der Waals surface area contributed by atoms with Gasteiger partial charge in [0, 0.05) is 31.0 Å². The van der Waals surface area contributed by atoms with E-state index in [2.05, 4.69) is 10.6 Å². The summed E-state index contributed by atoms with van der Waals surface area (Å²) in [5.74, 6) is -0.349. The molecule has 0 aliphatic heterocycles. The fourth-order valence-corrected chi connectivity index (χ4v) is 3.98. The smallest absolute Gasteiger partial charge is 0.293 e. The van der Waals surface area contributed by atoms with Gasteiger partial charge in [-0.3, -0.25) is 14.9 Å². The molecule has 0 spiro atoms. The Kier molecular flexibility index (Phi) is 8.21. The number of nitro benzene ring substituents is 1. The van der Waals surface area contributed by atoms with Crippen LogP contribution in [0.1, 0.15) is 32.6 Å². The highest BCUT2D eigenvalue weighted by Crippen LogP contribution is 2.31. The number of hydrogen-bond acceptors (Lipinski definition) is 7. The van der Waals surface area contributed by atoms with Gasteiger partial charge < -0.3 is 16.4 Å². The largest absolute Gasteiger partial charge is 0.378 e. The van der Waals surface area contributed by atoms with Crippen molar-refractivity contribution in [2.24, 2.45) is 11.7 Å². The fraction of sp³-hybridized carbons (Fsp3) is 0.588. The maximum absolute atomic E-state index is 12.4. The summed E-state index contributed by atoms with van der Waals surface area (Å²) in [4.78, 5) is 22.8. The Hall–Kier alpha value is -1.91. The van der Waals surface area contributed by atoms with E-state index in [4.69, 9.17) is 5.73 Å². The van der Waals surface area contributed by atoms with E-state index < -0.39 is 20.3 Å². The Morgan fingerprint density at radius 3 is 2.61 bits per heavy atom. The summed E-state index contributed by atoms with van der Waals surface area (Å²) in [5, 5.41) is 16.9. The van der Waals surface area contributed by atoms with E-state index in [-0.39, 0.29) is 53.6 Å². The molecule has 1 aliphatic carbocycles. The van der Waals surface area contributed by atoms with Crippen molar-refractivity contribution in [1.82, 2.24) is 5.32 Å². The van der Waals surface area contributed by atoms with Crippen LogP contribution in [-0.4, -0.2) is 44.1 Å². The molecule has 4 N–H and O–H groups in total. The highest BCUT2D eigenvalue weighted by Gasteiger charge is 2.37. The summed E-state index contributed by atoms with van der Waals surface area (Å²) < 4.78 is 23.1. The fourth-order valence-electron chi connectivity index (χ4n) is 3.34. The van der Waals surface area contributed by atoms with Crippen molar-refractivity contribution in [3.05, 3.63) is 28.3 Å². The first kappa shape index (κ1) is 24.1. The molecular formula is C17H27ClN4O5S. The van der Waals surface area contributed by atoms with Gasteiger partial charge in [0.25, 0.3) is 5.69 Å². The van der Waals surface area contributed by atoms with Crippen LogP contribution in [0.3, 0.4) is 0 Å². The van der Waals surface area contributed by atoms with Crippen molar-refractivity contribution in [3.63, 3.8) is 0 Å². The normalized spacial score (nSPS) is 22.0. The SMILES string of the molecule is CC1(N)CCCCC1C(=O)NCCNc1ccc(S(C)(=O)=O)cc1[N+](=O)[O-].Cl. The van der Waals surface area contributed by atoms with Gasteiger partial charge in [0.15, 0.2) is 9.84 Å². The second-order valence-electron chi connectivity index (χ2n) is 7.23. The Balaban J connectivity index is 0.00000392. The van der Waals surface area contributed by atoms with Crippen LogP contribution in [0.5, 0.6) is 0 Å². The van der Waals surface area contributed by atoms with Crippen LogP contribution in [0.4, 0.5) is 11.4 Å². The van der Waals surface area contributed by atoms with Crippen molar-refractivity contribution in [3.8, 4) is 0 Å². The van der Waals surface area contributed by atoms with Crippen LogP contribution in [0, 0.1) is 16.0 Å². The molecule has 0 radical (unpaired) electrons. The van der Waals surface area contributed by atoms with E-state index in [0.29, 0.717) is 0 Å². The van der Waals surface area contributed by atoms with Gasteiger partial charge in [-0.25, -0.2) is 8.42 Å². The monoisotopic (exact) mass is 434 g/mol. The summed E-state index contributed by atoms with van der Waals surface area (Å²) in [6, 6.07) is 3.69. The lowest BCUT2D eigenvalue weighted by atomic mass is 9.74. The van der Waals surface area contributed by atoms with Crippen molar-refractivity contribution in [1.29, 1.82) is 0 Å². The van der Waals surface area contributed by atoms with E-state index in [1.54, 1.807) is 0 Å². The second-order valence-corrected chi connectivity index (χ2v) is 9.25. The minimum absolute atomic E-state index is 0. The molecule has 11 heteroatoms. The zero-order chi connectivity index (χ0) is 20.2. The molecule has 0 aromatic heterocycles. The molecule has 0 saturated heterocycles. The Morgan fingerprint density at radius 2 is 2.04 bits per heavy atom. The van der Waals surface area contributed by atoms with E-state index in [0.717, 1.165) is 38.0 Å². The number of hydrogen-bond donors (Lipinski definition) is 3. The molecule has 2 rings (SSSR count). The summed E-state index contributed by atoms with van der Waals surface area (Å²) in [5.41, 5.74) is 5.57. The Labute approximate surface area is 170 Å². The zero-order valence-corrected chi connectivity index (χ0v) is 17.6. The maximum Gasteiger partial charge on any atom is 0.293 e. The maximum atomic E-state index is 12.4. The molecule has 158 valence electrons. The van der Waals surface area contributed by atoms with E-state index >= 15 is 0 Å². The molecule has 1 aliphatic rings. The van der Waals surface area contributed by atoms with Crippen molar-refractivity contribution >= 4 is 39.5 Å². The number of sulfone groups is 1. The highest BCUT2D eigenvalue weighted by molar-refractivity contribution is 7.90. The Morgan fingerprint density at radius 1 is 1.36 bits per heavy atom. The lowest BCUT2D eigenvalue weighted by molar-refractivity contribution is -0.384. The van der Waals surface area contributed by atoms with E-state index in [9.17, 15) is 23.3 Å². The number of halogens is 1. The van der Waals surface area contributed by atoms with E-state index in [1.807, 2.05) is 6.92 Å². The standard InChI is InChI=1S/C17H26N4O5S.ClH/c1-17(18)8-4-3-5-13(17)16(22)20-10-9-19-14-7-6-12(27(2,25)26)11-15(14)21(23)24;/h6-7,11,13,19H,3-5,8-10,18H2,1-2H3,(H,20,22);1H. The molecule has 0 bridgehead atoms. The molecule has 1 aromatic carbocycles. The number of carbonyl (C=O) groups excluding carboxylic acids is 1. The molecular weight excluding hydrogens is 408 g/mol. The Bertz CT molecular complexity index is 829. The molecule has 9 nitrogen and oxygen atoms in total. The van der Waals surface area contributed by atoms with E-state index in [1.165, 1.54) is 12.1 Å². The first-order chi connectivity index (χ1) is 12.5. The molecule has 1 fully saturated rings. The quantitative estimate of drug-likeness (QED) is 0.337. The predicted octanol–water partition coefficient (Wildman–Crippen LogP) is 1.86. The predicted molar refractivity (Wildman–Crippen MR) is 110 cm³/mol. The van der Waals surface area contributed by atoms with Gasteiger partial charge in [0.05, 0.1) is 15.7 Å². The molecule has 2 unspecified atom stereocenters. The first-order valence-electron chi connectivity index (χ1n) is 8.81. The lowest BCUT2D eigenvalue weighted by Crippen LogP contribution is -2.53. The second kappa shape index (κ2) is 9.53. The summed E-state index contributed by atoms with van der Waals surface area (Å²) in [6.07, 6.45) is 4.55. The molecule has 0 heterocycles. The number of nitro groups is 1. The number of carbonyl (C=O) groups is 1. The van der Waals surface area contributed by atoms with Crippen molar-refractivity contribution < 1.29 is 18.1 Å². The molecule has 1 saturated carbocycles. The minimum Gasteiger partial charge on any atom is -0.378 e. The van der Waals surface area contributed by atoms with Crippen molar-refractivity contribution in [2.75, 3.05) is 24.7 Å². The van der Waals surface area contributed by atoms with Gasteiger partial charge in [0.1, 0.15) is 5.69 Å². The van der Waals surface area contributed by atoms with Gasteiger partial charge in [-0.2, -0.15) is 0 Å². The zero-order valence-electron chi connectivity index (χ0n) is 15.9. The van der Waals surface area contributed by atoms with Crippen LogP contribution in [0.2, 0.25) is 0 Å². The third-order valence-electron chi connectivity index (χ3n) is 4.90. The van der Waals surface area contributed by atoms with Crippen LogP contribution < -0.4 is 16.4 Å². The number of benzene rings is 1. The third kappa shape index (κ3) is 6.05. The molecule has 1 amide bonds. The topological polar surface area (TPSA) is 144 Å². The molecule has 1 aromatic rings. The lowest BCUT2D eigenvalue weighted by Gasteiger charge is -2.37. The van der Waals surface area contributed by atoms with Crippen LogP contribution >= 0.6 is 12.4 Å². The summed E-state index contributed by atoms with van der Waals surface area (Å²) >= 11 is 0. The minimum atomic E-state index is -3.54. The molecule has 2 atom stereocenters. The van der Waals surface area contributed by atoms with Gasteiger partial charge >= 0.3 is 0 Å². The van der Waals surface area contributed by atoms with Crippen LogP contribution in [-0.2, 0) is 14.6 Å². The van der Waals surface area contributed by atoms with Gasteiger partial charge in [0.2, 0.25) is 5.91 Å². The van der Waals surface area contributed by atoms with Gasteiger partial charge in [-0.15, -0.1) is 12.4 Å². The number of nitrogens with two attached hydrogens (primary N) is 1. The number of nitrogens with zero attached hydrogens (tertiary/aromatic N) is 1. The average Bonchev–Trinajstić information content (AvgIpc) is 2.57. The van der Waals surface area contributed by atoms with Gasteiger partial charge in [-0.05, 0) is 31.9 Å². The molecule has 28 heavy (non-hydrogen) atoms. The highest BCUT2D eigenvalue weighted by atomic mass is 35.5. The summed E-state index contributed by atoms with van der Waals surface area (Å²) in [6.45, 7) is 2.43. The number of rotatable bonds is 7.